The first-order valence-corrected chi connectivity index (χ1v) is 6.88. The Bertz CT molecular complexity index is 516. The van der Waals surface area contributed by atoms with E-state index in [0.717, 1.165) is 25.7 Å². The zero-order valence-electron chi connectivity index (χ0n) is 11.8. The summed E-state index contributed by atoms with van der Waals surface area (Å²) in [6.07, 6.45) is 5.43. The van der Waals surface area contributed by atoms with Crippen molar-refractivity contribution in [1.82, 2.24) is 10.3 Å². The van der Waals surface area contributed by atoms with Crippen molar-refractivity contribution < 1.29 is 14.7 Å². The maximum atomic E-state index is 12.1. The number of carbonyl (C=O) groups excluding carboxylic acids is 1. The van der Waals surface area contributed by atoms with E-state index < -0.39 is 5.97 Å². The van der Waals surface area contributed by atoms with Gasteiger partial charge in [0.25, 0.3) is 5.91 Å². The van der Waals surface area contributed by atoms with E-state index >= 15 is 0 Å². The number of amides is 1. The molecule has 5 nitrogen and oxygen atoms in total. The Labute approximate surface area is 118 Å². The van der Waals surface area contributed by atoms with Crippen molar-refractivity contribution in [1.29, 1.82) is 0 Å². The fourth-order valence-electron chi connectivity index (χ4n) is 2.49. The van der Waals surface area contributed by atoms with Gasteiger partial charge in [0.2, 0.25) is 0 Å². The van der Waals surface area contributed by atoms with Crippen LogP contribution in [0.2, 0.25) is 0 Å². The molecule has 2 rings (SSSR count). The summed E-state index contributed by atoms with van der Waals surface area (Å²) in [5, 5.41) is 11.9. The minimum absolute atomic E-state index is 0.0786. The lowest BCUT2D eigenvalue weighted by Gasteiger charge is -2.34. The fraction of sp³-hybridized carbons (Fsp3) is 0.533. The molecule has 2 N–H and O–H groups in total. The summed E-state index contributed by atoms with van der Waals surface area (Å²) in [5.41, 5.74) is 0.590. The molecule has 1 saturated carbocycles. The standard InChI is InChI=1S/C15H20N2O3/c1-15(2)6-3-11(4-7-15)17-13(18)12-9-10(14(19)20)5-8-16-12/h5,8-9,11H,3-4,6-7H2,1-2H3,(H,17,18)(H,19,20). The van der Waals surface area contributed by atoms with Crippen LogP contribution >= 0.6 is 0 Å². The maximum Gasteiger partial charge on any atom is 0.335 e. The molecule has 0 spiro atoms. The van der Waals surface area contributed by atoms with E-state index in [1.165, 1.54) is 18.3 Å². The summed E-state index contributed by atoms with van der Waals surface area (Å²) < 4.78 is 0. The molecule has 0 aromatic carbocycles. The predicted molar refractivity (Wildman–Crippen MR) is 74.7 cm³/mol. The van der Waals surface area contributed by atoms with Gasteiger partial charge in [-0.1, -0.05) is 13.8 Å². The topological polar surface area (TPSA) is 79.3 Å². The second-order valence-corrected chi connectivity index (χ2v) is 6.15. The van der Waals surface area contributed by atoms with E-state index in [0.29, 0.717) is 5.41 Å². The molecule has 1 aliphatic carbocycles. The lowest BCUT2D eigenvalue weighted by Crippen LogP contribution is -2.39. The van der Waals surface area contributed by atoms with Gasteiger partial charge in [0.05, 0.1) is 5.56 Å². The van der Waals surface area contributed by atoms with Crippen molar-refractivity contribution >= 4 is 11.9 Å². The Hall–Kier alpha value is -1.91. The molecule has 108 valence electrons. The third-order valence-corrected chi connectivity index (χ3v) is 3.91. The number of hydrogen-bond acceptors (Lipinski definition) is 3. The van der Waals surface area contributed by atoms with Crippen LogP contribution in [0.4, 0.5) is 0 Å². The Morgan fingerprint density at radius 1 is 1.35 bits per heavy atom. The van der Waals surface area contributed by atoms with Gasteiger partial charge in [-0.05, 0) is 43.2 Å². The minimum atomic E-state index is -1.05. The average Bonchev–Trinajstić information content (AvgIpc) is 2.41. The number of rotatable bonds is 3. The van der Waals surface area contributed by atoms with Crippen LogP contribution in [0.3, 0.4) is 0 Å². The van der Waals surface area contributed by atoms with Crippen molar-refractivity contribution in [3.05, 3.63) is 29.6 Å². The SMILES string of the molecule is CC1(C)CCC(NC(=O)c2cc(C(=O)O)ccn2)CC1. The number of carbonyl (C=O) groups is 2. The summed E-state index contributed by atoms with van der Waals surface area (Å²) in [4.78, 5) is 26.9. The average molecular weight is 276 g/mol. The predicted octanol–water partition coefficient (Wildman–Crippen LogP) is 2.48. The molecular formula is C15H20N2O3. The van der Waals surface area contributed by atoms with E-state index in [4.69, 9.17) is 5.11 Å². The van der Waals surface area contributed by atoms with Gasteiger partial charge in [-0.15, -0.1) is 0 Å². The highest BCUT2D eigenvalue weighted by Crippen LogP contribution is 2.35. The molecule has 1 aliphatic rings. The van der Waals surface area contributed by atoms with Crippen LogP contribution in [-0.2, 0) is 0 Å². The molecule has 0 radical (unpaired) electrons. The molecule has 0 unspecified atom stereocenters. The number of pyridine rings is 1. The van der Waals surface area contributed by atoms with Crippen molar-refractivity contribution in [2.24, 2.45) is 5.41 Å². The van der Waals surface area contributed by atoms with Crippen LogP contribution in [0, 0.1) is 5.41 Å². The first kappa shape index (κ1) is 14.5. The first-order chi connectivity index (χ1) is 9.37. The van der Waals surface area contributed by atoms with E-state index in [9.17, 15) is 9.59 Å². The van der Waals surface area contributed by atoms with Gasteiger partial charge in [-0.2, -0.15) is 0 Å². The molecule has 5 heteroatoms. The normalized spacial score (nSPS) is 18.5. The minimum Gasteiger partial charge on any atom is -0.478 e. The largest absolute Gasteiger partial charge is 0.478 e. The molecule has 0 atom stereocenters. The van der Waals surface area contributed by atoms with Crippen molar-refractivity contribution in [2.75, 3.05) is 0 Å². The number of nitrogens with zero attached hydrogens (tertiary/aromatic N) is 1. The second-order valence-electron chi connectivity index (χ2n) is 6.15. The molecule has 0 aliphatic heterocycles. The molecule has 1 fully saturated rings. The van der Waals surface area contributed by atoms with E-state index in [-0.39, 0.29) is 23.2 Å². The van der Waals surface area contributed by atoms with E-state index in [1.54, 1.807) is 0 Å². The molecular weight excluding hydrogens is 256 g/mol. The summed E-state index contributed by atoms with van der Waals surface area (Å²) in [6, 6.07) is 2.85. The van der Waals surface area contributed by atoms with Crippen LogP contribution in [0.1, 0.15) is 60.4 Å². The van der Waals surface area contributed by atoms with Gasteiger partial charge in [0.1, 0.15) is 5.69 Å². The first-order valence-electron chi connectivity index (χ1n) is 6.88. The lowest BCUT2D eigenvalue weighted by molar-refractivity contribution is 0.0696. The number of aromatic carboxylic acids is 1. The van der Waals surface area contributed by atoms with Crippen LogP contribution in [-0.4, -0.2) is 28.0 Å². The highest BCUT2D eigenvalue weighted by molar-refractivity contribution is 5.95. The van der Waals surface area contributed by atoms with E-state index in [2.05, 4.69) is 24.1 Å². The highest BCUT2D eigenvalue weighted by Gasteiger charge is 2.27. The smallest absolute Gasteiger partial charge is 0.335 e. The van der Waals surface area contributed by atoms with Gasteiger partial charge in [0, 0.05) is 12.2 Å². The monoisotopic (exact) mass is 276 g/mol. The molecule has 1 aromatic heterocycles. The quantitative estimate of drug-likeness (QED) is 0.889. The van der Waals surface area contributed by atoms with Gasteiger partial charge >= 0.3 is 5.97 Å². The molecule has 1 heterocycles. The van der Waals surface area contributed by atoms with Crippen LogP contribution < -0.4 is 5.32 Å². The summed E-state index contributed by atoms with van der Waals surface area (Å²) in [7, 11) is 0. The number of carboxylic acids is 1. The third-order valence-electron chi connectivity index (χ3n) is 3.91. The number of aromatic nitrogens is 1. The van der Waals surface area contributed by atoms with Crippen LogP contribution in [0.25, 0.3) is 0 Å². The number of carboxylic acid groups (broad SMARTS) is 1. The highest BCUT2D eigenvalue weighted by atomic mass is 16.4. The Morgan fingerprint density at radius 3 is 2.60 bits per heavy atom. The Morgan fingerprint density at radius 2 is 2.00 bits per heavy atom. The van der Waals surface area contributed by atoms with Gasteiger partial charge in [0.15, 0.2) is 0 Å². The molecule has 1 aromatic rings. The molecule has 1 amide bonds. The summed E-state index contributed by atoms with van der Waals surface area (Å²) >= 11 is 0. The maximum absolute atomic E-state index is 12.1. The van der Waals surface area contributed by atoms with Crippen LogP contribution in [0.15, 0.2) is 18.3 Å². The van der Waals surface area contributed by atoms with Gasteiger partial charge < -0.3 is 10.4 Å². The second kappa shape index (κ2) is 5.61. The summed E-state index contributed by atoms with van der Waals surface area (Å²) in [5.74, 6) is -1.35. The number of nitrogens with one attached hydrogen (secondary N) is 1. The lowest BCUT2D eigenvalue weighted by atomic mass is 9.75. The Balaban J connectivity index is 1.99. The molecule has 0 bridgehead atoms. The summed E-state index contributed by atoms with van der Waals surface area (Å²) in [6.45, 7) is 4.48. The van der Waals surface area contributed by atoms with Gasteiger partial charge in [-0.25, -0.2) is 4.79 Å². The van der Waals surface area contributed by atoms with Crippen molar-refractivity contribution in [3.63, 3.8) is 0 Å². The fourth-order valence-corrected chi connectivity index (χ4v) is 2.49. The van der Waals surface area contributed by atoms with Crippen molar-refractivity contribution in [3.8, 4) is 0 Å². The Kier molecular flexibility index (Phi) is 4.06. The van der Waals surface area contributed by atoms with Crippen LogP contribution in [0.5, 0.6) is 0 Å². The van der Waals surface area contributed by atoms with Crippen molar-refractivity contribution in [2.45, 2.75) is 45.6 Å². The zero-order chi connectivity index (χ0) is 14.8. The number of hydrogen-bond donors (Lipinski definition) is 2. The third kappa shape index (κ3) is 3.56. The zero-order valence-corrected chi connectivity index (χ0v) is 11.8. The molecule has 20 heavy (non-hydrogen) atoms. The molecule has 0 saturated heterocycles. The van der Waals surface area contributed by atoms with Gasteiger partial charge in [-0.3, -0.25) is 9.78 Å². The van der Waals surface area contributed by atoms with E-state index in [1.807, 2.05) is 0 Å².